The molecule has 122 valence electrons. The Morgan fingerprint density at radius 2 is 1.78 bits per heavy atom. The lowest BCUT2D eigenvalue weighted by atomic mass is 9.88. The third kappa shape index (κ3) is 3.12. The van der Waals surface area contributed by atoms with Gasteiger partial charge in [0.05, 0.1) is 17.0 Å². The number of anilines is 1. The zero-order chi connectivity index (χ0) is 16.7. The highest BCUT2D eigenvalue weighted by atomic mass is 32.2. The molecule has 0 bridgehead atoms. The van der Waals surface area contributed by atoms with E-state index in [1.54, 1.807) is 25.1 Å². The first-order valence-corrected chi connectivity index (χ1v) is 9.28. The average Bonchev–Trinajstić information content (AvgIpc) is 2.49. The van der Waals surface area contributed by atoms with Gasteiger partial charge in [0.2, 0.25) is 10.0 Å². The fraction of sp³-hybridized carbons (Fsp3) is 0.333. The summed E-state index contributed by atoms with van der Waals surface area (Å²) in [5.74, 6) is -0.0379. The first-order chi connectivity index (χ1) is 10.8. The molecule has 1 aliphatic heterocycles. The van der Waals surface area contributed by atoms with Crippen LogP contribution in [0.1, 0.15) is 30.0 Å². The molecule has 0 fully saturated rings. The van der Waals surface area contributed by atoms with Crippen LogP contribution in [-0.2, 0) is 21.4 Å². The van der Waals surface area contributed by atoms with Gasteiger partial charge in [-0.15, -0.1) is 0 Å². The second kappa shape index (κ2) is 5.65. The van der Waals surface area contributed by atoms with Crippen molar-refractivity contribution in [1.29, 1.82) is 0 Å². The average molecular weight is 331 g/mol. The van der Waals surface area contributed by atoms with E-state index in [4.69, 9.17) is 0 Å². The van der Waals surface area contributed by atoms with Crippen LogP contribution >= 0.6 is 0 Å². The van der Waals surface area contributed by atoms with Gasteiger partial charge in [-0.2, -0.15) is 0 Å². The third-order valence-electron chi connectivity index (χ3n) is 4.36. The Bertz CT molecular complexity index is 810. The van der Waals surface area contributed by atoms with Crippen LogP contribution in [0.3, 0.4) is 0 Å². The van der Waals surface area contributed by atoms with Crippen molar-refractivity contribution in [1.82, 2.24) is 0 Å². The SMILES string of the molecule is Cc1ccc(CS(=O)(=O)N2CCC(C)(O)c3ccccc32)cc1. The van der Waals surface area contributed by atoms with Gasteiger partial charge in [-0.25, -0.2) is 8.42 Å². The first kappa shape index (κ1) is 16.0. The Morgan fingerprint density at radius 1 is 1.13 bits per heavy atom. The largest absolute Gasteiger partial charge is 0.385 e. The molecule has 1 aliphatic rings. The van der Waals surface area contributed by atoms with E-state index in [-0.39, 0.29) is 12.3 Å². The smallest absolute Gasteiger partial charge is 0.239 e. The highest BCUT2D eigenvalue weighted by Gasteiger charge is 2.37. The van der Waals surface area contributed by atoms with Gasteiger partial charge in [-0.3, -0.25) is 4.31 Å². The van der Waals surface area contributed by atoms with Gasteiger partial charge in [-0.05, 0) is 31.9 Å². The van der Waals surface area contributed by atoms with Crippen molar-refractivity contribution in [2.75, 3.05) is 10.8 Å². The molecule has 0 spiro atoms. The lowest BCUT2D eigenvalue weighted by molar-refractivity contribution is 0.0472. The number of hydrogen-bond donors (Lipinski definition) is 1. The molecule has 2 aromatic rings. The molecule has 3 rings (SSSR count). The molecule has 0 aromatic heterocycles. The molecule has 0 aliphatic carbocycles. The van der Waals surface area contributed by atoms with Crippen molar-refractivity contribution < 1.29 is 13.5 Å². The Labute approximate surface area is 137 Å². The first-order valence-electron chi connectivity index (χ1n) is 7.67. The monoisotopic (exact) mass is 331 g/mol. The topological polar surface area (TPSA) is 57.6 Å². The van der Waals surface area contributed by atoms with Crippen LogP contribution in [0, 0.1) is 6.92 Å². The number of sulfonamides is 1. The molecule has 1 N–H and O–H groups in total. The summed E-state index contributed by atoms with van der Waals surface area (Å²) in [7, 11) is -3.49. The molecule has 23 heavy (non-hydrogen) atoms. The van der Waals surface area contributed by atoms with E-state index in [0.29, 0.717) is 17.7 Å². The number of aliphatic hydroxyl groups is 1. The number of rotatable bonds is 3. The Morgan fingerprint density at radius 3 is 2.48 bits per heavy atom. The number of hydrogen-bond acceptors (Lipinski definition) is 3. The van der Waals surface area contributed by atoms with Crippen LogP contribution < -0.4 is 4.31 Å². The standard InChI is InChI=1S/C18H21NO3S/c1-14-7-9-15(10-8-14)13-23(21,22)19-12-11-18(2,20)16-5-3-4-6-17(16)19/h3-10,20H,11-13H2,1-2H3. The lowest BCUT2D eigenvalue weighted by Crippen LogP contribution is -2.42. The highest BCUT2D eigenvalue weighted by Crippen LogP contribution is 2.39. The fourth-order valence-electron chi connectivity index (χ4n) is 2.98. The van der Waals surface area contributed by atoms with Gasteiger partial charge in [0, 0.05) is 12.1 Å². The number of nitrogens with zero attached hydrogens (tertiary/aromatic N) is 1. The Hall–Kier alpha value is -1.85. The second-order valence-electron chi connectivity index (χ2n) is 6.35. The van der Waals surface area contributed by atoms with Gasteiger partial charge >= 0.3 is 0 Å². The number of para-hydroxylation sites is 1. The lowest BCUT2D eigenvalue weighted by Gasteiger charge is -2.38. The second-order valence-corrected chi connectivity index (χ2v) is 8.25. The van der Waals surface area contributed by atoms with Gasteiger partial charge in [0.25, 0.3) is 0 Å². The molecular weight excluding hydrogens is 310 g/mol. The molecule has 4 nitrogen and oxygen atoms in total. The van der Waals surface area contributed by atoms with Crippen molar-refractivity contribution in [3.8, 4) is 0 Å². The zero-order valence-electron chi connectivity index (χ0n) is 13.4. The van der Waals surface area contributed by atoms with Crippen molar-refractivity contribution in [2.24, 2.45) is 0 Å². The summed E-state index contributed by atoms with van der Waals surface area (Å²) < 4.78 is 27.1. The van der Waals surface area contributed by atoms with Crippen LogP contribution in [0.2, 0.25) is 0 Å². The van der Waals surface area contributed by atoms with E-state index < -0.39 is 15.6 Å². The normalized spacial score (nSPS) is 21.1. The number of benzene rings is 2. The highest BCUT2D eigenvalue weighted by molar-refractivity contribution is 7.92. The minimum absolute atomic E-state index is 0.0379. The summed E-state index contributed by atoms with van der Waals surface area (Å²) in [5, 5.41) is 10.5. The predicted molar refractivity (Wildman–Crippen MR) is 91.8 cm³/mol. The van der Waals surface area contributed by atoms with Gasteiger partial charge in [0.15, 0.2) is 0 Å². The van der Waals surface area contributed by atoms with E-state index in [1.165, 1.54) is 4.31 Å². The Kier molecular flexibility index (Phi) is 3.94. The van der Waals surface area contributed by atoms with Crippen LogP contribution in [0.4, 0.5) is 5.69 Å². The molecule has 1 unspecified atom stereocenters. The van der Waals surface area contributed by atoms with Crippen LogP contribution in [-0.4, -0.2) is 20.1 Å². The summed E-state index contributed by atoms with van der Waals surface area (Å²) in [6.07, 6.45) is 0.386. The fourth-order valence-corrected chi connectivity index (χ4v) is 4.58. The Balaban J connectivity index is 1.96. The third-order valence-corrected chi connectivity index (χ3v) is 6.11. The molecule has 0 saturated heterocycles. The van der Waals surface area contributed by atoms with Gasteiger partial charge < -0.3 is 5.11 Å². The van der Waals surface area contributed by atoms with Crippen molar-refractivity contribution in [3.63, 3.8) is 0 Å². The van der Waals surface area contributed by atoms with Crippen LogP contribution in [0.5, 0.6) is 0 Å². The molecule has 5 heteroatoms. The molecule has 0 saturated carbocycles. The maximum atomic E-state index is 12.9. The van der Waals surface area contributed by atoms with Crippen LogP contribution in [0.15, 0.2) is 48.5 Å². The molecule has 1 heterocycles. The summed E-state index contributed by atoms with van der Waals surface area (Å²) >= 11 is 0. The maximum Gasteiger partial charge on any atom is 0.239 e. The quantitative estimate of drug-likeness (QED) is 0.941. The van der Waals surface area contributed by atoms with Gasteiger partial charge in [0.1, 0.15) is 0 Å². The van der Waals surface area contributed by atoms with E-state index >= 15 is 0 Å². The number of fused-ring (bicyclic) bond motifs is 1. The van der Waals surface area contributed by atoms with E-state index in [0.717, 1.165) is 11.1 Å². The minimum atomic E-state index is -3.49. The minimum Gasteiger partial charge on any atom is -0.385 e. The molecule has 1 atom stereocenters. The molecule has 0 amide bonds. The zero-order valence-corrected chi connectivity index (χ0v) is 14.2. The molecular formula is C18H21NO3S. The van der Waals surface area contributed by atoms with E-state index in [2.05, 4.69) is 0 Å². The number of aryl methyl sites for hydroxylation is 1. The van der Waals surface area contributed by atoms with E-state index in [1.807, 2.05) is 37.3 Å². The van der Waals surface area contributed by atoms with Crippen molar-refractivity contribution in [2.45, 2.75) is 31.6 Å². The summed E-state index contributed by atoms with van der Waals surface area (Å²) in [6.45, 7) is 4.00. The summed E-state index contributed by atoms with van der Waals surface area (Å²) in [4.78, 5) is 0. The maximum absolute atomic E-state index is 12.9. The predicted octanol–water partition coefficient (Wildman–Crippen LogP) is 2.94. The summed E-state index contributed by atoms with van der Waals surface area (Å²) in [6, 6.07) is 14.7. The van der Waals surface area contributed by atoms with Gasteiger partial charge in [-0.1, -0.05) is 48.0 Å². The molecule has 0 radical (unpaired) electrons. The van der Waals surface area contributed by atoms with Crippen molar-refractivity contribution in [3.05, 3.63) is 65.2 Å². The van der Waals surface area contributed by atoms with Crippen LogP contribution in [0.25, 0.3) is 0 Å². The molecule has 2 aromatic carbocycles. The summed E-state index contributed by atoms with van der Waals surface area (Å²) in [5.41, 5.74) is 2.12. The van der Waals surface area contributed by atoms with Crippen molar-refractivity contribution >= 4 is 15.7 Å². The van der Waals surface area contributed by atoms with E-state index in [9.17, 15) is 13.5 Å².